The summed E-state index contributed by atoms with van der Waals surface area (Å²) in [6.45, 7) is 8.54. The van der Waals surface area contributed by atoms with E-state index in [4.69, 9.17) is 4.42 Å². The number of anilines is 1. The second-order valence-corrected chi connectivity index (χ2v) is 8.24. The number of urea groups is 1. The molecule has 0 spiro atoms. The molecule has 3 aromatic rings. The molecule has 31 heavy (non-hydrogen) atoms. The Morgan fingerprint density at radius 3 is 2.71 bits per heavy atom. The summed E-state index contributed by atoms with van der Waals surface area (Å²) in [5, 5.41) is 2.82. The lowest BCUT2D eigenvalue weighted by atomic mass is 10.1. The van der Waals surface area contributed by atoms with Crippen LogP contribution in [0.5, 0.6) is 0 Å². The van der Waals surface area contributed by atoms with Crippen LogP contribution in [-0.4, -0.2) is 38.1 Å². The van der Waals surface area contributed by atoms with Crippen LogP contribution in [0.2, 0.25) is 0 Å². The molecule has 0 bridgehead atoms. The minimum Gasteiger partial charge on any atom is -0.460 e. The smallest absolute Gasteiger partial charge is 0.324 e. The lowest BCUT2D eigenvalue weighted by Gasteiger charge is -2.21. The molecule has 1 saturated heterocycles. The highest BCUT2D eigenvalue weighted by atomic mass is 16.3. The maximum absolute atomic E-state index is 12.7. The third-order valence-corrected chi connectivity index (χ3v) is 5.60. The van der Waals surface area contributed by atoms with Crippen LogP contribution in [0.3, 0.4) is 0 Å². The summed E-state index contributed by atoms with van der Waals surface area (Å²) in [7, 11) is 0. The van der Waals surface area contributed by atoms with E-state index in [0.717, 1.165) is 36.3 Å². The first kappa shape index (κ1) is 20.8. The minimum atomic E-state index is -0.201. The van der Waals surface area contributed by atoms with E-state index in [1.165, 1.54) is 6.07 Å². The number of nitrogens with zero attached hydrogens (tertiary/aromatic N) is 4. The topological polar surface area (TPSA) is 93.3 Å². The SMILES string of the molecule is Cc1ccc(-c2nc(NC(=O)N3CCC[C@@H]3C)ncc2-c2ccc(=O)n(C(C)C)c2)o1. The number of likely N-dealkylation sites (tertiary alicyclic amines) is 1. The zero-order chi connectivity index (χ0) is 22.1. The second-order valence-electron chi connectivity index (χ2n) is 8.24. The molecule has 0 aromatic carbocycles. The Kier molecular flexibility index (Phi) is 5.63. The molecule has 4 rings (SSSR count). The molecule has 1 fully saturated rings. The fraction of sp³-hybridized carbons (Fsp3) is 0.391. The number of nitrogens with one attached hydrogen (secondary N) is 1. The van der Waals surface area contributed by atoms with Crippen LogP contribution in [0.4, 0.5) is 10.7 Å². The van der Waals surface area contributed by atoms with Crippen molar-refractivity contribution in [2.75, 3.05) is 11.9 Å². The summed E-state index contributed by atoms with van der Waals surface area (Å²) in [6.07, 6.45) is 5.45. The quantitative estimate of drug-likeness (QED) is 0.671. The van der Waals surface area contributed by atoms with E-state index in [1.807, 2.05) is 39.8 Å². The number of aryl methyl sites for hydroxylation is 1. The maximum atomic E-state index is 12.7. The summed E-state index contributed by atoms with van der Waals surface area (Å²) >= 11 is 0. The minimum absolute atomic E-state index is 0.0173. The molecule has 0 unspecified atom stereocenters. The van der Waals surface area contributed by atoms with E-state index >= 15 is 0 Å². The van der Waals surface area contributed by atoms with Gasteiger partial charge in [0.2, 0.25) is 5.95 Å². The molecule has 8 nitrogen and oxygen atoms in total. The van der Waals surface area contributed by atoms with Crippen LogP contribution in [0.25, 0.3) is 22.6 Å². The predicted molar refractivity (Wildman–Crippen MR) is 119 cm³/mol. The highest BCUT2D eigenvalue weighted by Crippen LogP contribution is 2.32. The van der Waals surface area contributed by atoms with Crippen LogP contribution in [0.1, 0.15) is 45.4 Å². The van der Waals surface area contributed by atoms with Gasteiger partial charge in [-0.3, -0.25) is 10.1 Å². The van der Waals surface area contributed by atoms with Crippen LogP contribution in [-0.2, 0) is 0 Å². The Balaban J connectivity index is 1.75. The zero-order valence-corrected chi connectivity index (χ0v) is 18.3. The Hall–Kier alpha value is -3.42. The first-order chi connectivity index (χ1) is 14.8. The Bertz CT molecular complexity index is 1160. The molecule has 0 saturated carbocycles. The van der Waals surface area contributed by atoms with E-state index in [-0.39, 0.29) is 29.6 Å². The van der Waals surface area contributed by atoms with Crippen LogP contribution < -0.4 is 10.9 Å². The van der Waals surface area contributed by atoms with Gasteiger partial charge in [0.1, 0.15) is 11.5 Å². The summed E-state index contributed by atoms with van der Waals surface area (Å²) < 4.78 is 7.49. The number of carbonyl (C=O) groups is 1. The van der Waals surface area contributed by atoms with Crippen molar-refractivity contribution in [1.82, 2.24) is 19.4 Å². The van der Waals surface area contributed by atoms with E-state index in [9.17, 15) is 9.59 Å². The molecule has 4 heterocycles. The van der Waals surface area contributed by atoms with Gasteiger partial charge >= 0.3 is 6.03 Å². The van der Waals surface area contributed by atoms with Gasteiger partial charge < -0.3 is 13.9 Å². The van der Waals surface area contributed by atoms with Crippen LogP contribution >= 0.6 is 0 Å². The number of hydrogen-bond donors (Lipinski definition) is 1. The van der Waals surface area contributed by atoms with Crippen molar-refractivity contribution in [1.29, 1.82) is 0 Å². The average Bonchev–Trinajstić information content (AvgIpc) is 3.36. The number of aromatic nitrogens is 3. The zero-order valence-electron chi connectivity index (χ0n) is 18.3. The highest BCUT2D eigenvalue weighted by Gasteiger charge is 2.26. The molecule has 1 aliphatic rings. The van der Waals surface area contributed by atoms with Gasteiger partial charge in [-0.15, -0.1) is 0 Å². The summed E-state index contributed by atoms with van der Waals surface area (Å²) in [6, 6.07) is 7.01. The molecular weight excluding hydrogens is 394 g/mol. The van der Waals surface area contributed by atoms with Gasteiger partial charge in [-0.2, -0.15) is 0 Å². The number of carbonyl (C=O) groups excluding carboxylic acids is 1. The van der Waals surface area contributed by atoms with Gasteiger partial charge in [0.25, 0.3) is 5.56 Å². The average molecular weight is 422 g/mol. The Labute approximate surface area is 180 Å². The van der Waals surface area contributed by atoms with Crippen molar-refractivity contribution in [3.05, 3.63) is 52.8 Å². The third-order valence-electron chi connectivity index (χ3n) is 5.60. The molecule has 162 valence electrons. The van der Waals surface area contributed by atoms with Crippen molar-refractivity contribution in [3.63, 3.8) is 0 Å². The van der Waals surface area contributed by atoms with Crippen molar-refractivity contribution < 1.29 is 9.21 Å². The van der Waals surface area contributed by atoms with Gasteiger partial charge in [0, 0.05) is 48.2 Å². The highest BCUT2D eigenvalue weighted by molar-refractivity contribution is 5.89. The lowest BCUT2D eigenvalue weighted by molar-refractivity contribution is 0.210. The summed E-state index contributed by atoms with van der Waals surface area (Å²) in [4.78, 5) is 35.6. The molecule has 0 aliphatic carbocycles. The molecule has 8 heteroatoms. The Morgan fingerprint density at radius 2 is 2.06 bits per heavy atom. The number of hydrogen-bond acceptors (Lipinski definition) is 5. The van der Waals surface area contributed by atoms with E-state index < -0.39 is 0 Å². The molecular formula is C23H27N5O3. The van der Waals surface area contributed by atoms with Gasteiger partial charge in [-0.05, 0) is 58.7 Å². The van der Waals surface area contributed by atoms with Crippen LogP contribution in [0, 0.1) is 6.92 Å². The van der Waals surface area contributed by atoms with E-state index in [0.29, 0.717) is 11.5 Å². The molecule has 2 amide bonds. The molecule has 1 atom stereocenters. The van der Waals surface area contributed by atoms with E-state index in [2.05, 4.69) is 15.3 Å². The molecule has 3 aromatic heterocycles. The first-order valence-corrected chi connectivity index (χ1v) is 10.6. The molecule has 1 N–H and O–H groups in total. The standard InChI is InChI=1S/C23H27N5O3/c1-14(2)28-13-17(8-10-20(28)29)18-12-24-22(25-21(18)19-9-7-16(4)31-19)26-23(30)27-11-5-6-15(27)3/h7-10,12-15H,5-6,11H2,1-4H3,(H,24,25,26,30)/t15-/m0/s1. The second kappa shape index (κ2) is 8.37. The lowest BCUT2D eigenvalue weighted by Crippen LogP contribution is -2.37. The maximum Gasteiger partial charge on any atom is 0.324 e. The Morgan fingerprint density at radius 1 is 1.26 bits per heavy atom. The van der Waals surface area contributed by atoms with Crippen molar-refractivity contribution in [2.24, 2.45) is 0 Å². The fourth-order valence-electron chi connectivity index (χ4n) is 3.87. The monoisotopic (exact) mass is 421 g/mol. The summed E-state index contributed by atoms with van der Waals surface area (Å²) in [5.41, 5.74) is 2.00. The van der Waals surface area contributed by atoms with Gasteiger partial charge in [-0.25, -0.2) is 14.8 Å². The van der Waals surface area contributed by atoms with E-state index in [1.54, 1.807) is 27.9 Å². The van der Waals surface area contributed by atoms with Gasteiger partial charge in [0.05, 0.1) is 0 Å². The van der Waals surface area contributed by atoms with Crippen molar-refractivity contribution >= 4 is 12.0 Å². The van der Waals surface area contributed by atoms with Gasteiger partial charge in [0.15, 0.2) is 5.76 Å². The largest absolute Gasteiger partial charge is 0.460 e. The fourth-order valence-corrected chi connectivity index (χ4v) is 3.87. The number of furan rings is 1. The number of rotatable bonds is 4. The predicted octanol–water partition coefficient (Wildman–Crippen LogP) is 4.47. The molecule has 1 aliphatic heterocycles. The van der Waals surface area contributed by atoms with Crippen molar-refractivity contribution in [2.45, 2.75) is 52.6 Å². The number of pyridine rings is 1. The molecule has 0 radical (unpaired) electrons. The van der Waals surface area contributed by atoms with Gasteiger partial charge in [-0.1, -0.05) is 0 Å². The van der Waals surface area contributed by atoms with Crippen LogP contribution in [0.15, 0.2) is 45.9 Å². The number of amides is 2. The first-order valence-electron chi connectivity index (χ1n) is 10.6. The third kappa shape index (κ3) is 4.23. The normalized spacial score (nSPS) is 16.2. The van der Waals surface area contributed by atoms with Crippen molar-refractivity contribution in [3.8, 4) is 22.6 Å². The summed E-state index contributed by atoms with van der Waals surface area (Å²) in [5.74, 6) is 1.54.